The number of hydrogen-bond acceptors (Lipinski definition) is 1. The molecule has 0 aliphatic heterocycles. The molecular weight excluding hydrogens is 230 g/mol. The van der Waals surface area contributed by atoms with E-state index in [9.17, 15) is 0 Å². The van der Waals surface area contributed by atoms with Crippen LogP contribution in [0.25, 0.3) is 11.1 Å². The lowest BCUT2D eigenvalue weighted by Crippen LogP contribution is -1.89. The first-order chi connectivity index (χ1) is 9.38. The van der Waals surface area contributed by atoms with Crippen molar-refractivity contribution in [3.05, 3.63) is 53.6 Å². The van der Waals surface area contributed by atoms with Crippen molar-refractivity contribution in [1.29, 1.82) is 0 Å². The van der Waals surface area contributed by atoms with Gasteiger partial charge in [0.05, 0.1) is 0 Å². The van der Waals surface area contributed by atoms with Gasteiger partial charge in [-0.25, -0.2) is 0 Å². The van der Waals surface area contributed by atoms with Crippen molar-refractivity contribution < 1.29 is 0 Å². The lowest BCUT2D eigenvalue weighted by atomic mass is 10.1. The van der Waals surface area contributed by atoms with Crippen LogP contribution < -0.4 is 5.32 Å². The summed E-state index contributed by atoms with van der Waals surface area (Å²) in [5, 5.41) is 3.18. The molecule has 1 aliphatic carbocycles. The van der Waals surface area contributed by atoms with Crippen molar-refractivity contribution >= 4 is 5.69 Å². The van der Waals surface area contributed by atoms with Gasteiger partial charge in [-0.2, -0.15) is 0 Å². The van der Waals surface area contributed by atoms with Crippen LogP contribution in [0.5, 0.6) is 0 Å². The number of rotatable bonds is 1. The molecule has 1 aliphatic rings. The first-order valence-corrected chi connectivity index (χ1v) is 7.27. The van der Waals surface area contributed by atoms with Gasteiger partial charge in [-0.1, -0.05) is 58.0 Å². The van der Waals surface area contributed by atoms with Gasteiger partial charge in [0.2, 0.25) is 0 Å². The average Bonchev–Trinajstić information content (AvgIpc) is 2.88. The van der Waals surface area contributed by atoms with Crippen LogP contribution in [0.4, 0.5) is 5.69 Å². The van der Waals surface area contributed by atoms with E-state index in [4.69, 9.17) is 0 Å². The van der Waals surface area contributed by atoms with Gasteiger partial charge in [0.15, 0.2) is 0 Å². The highest BCUT2D eigenvalue weighted by molar-refractivity contribution is 5.78. The molecule has 0 radical (unpaired) electrons. The summed E-state index contributed by atoms with van der Waals surface area (Å²) in [6.45, 7) is 8.00. The molecule has 0 fully saturated rings. The summed E-state index contributed by atoms with van der Waals surface area (Å²) in [4.78, 5) is 0. The van der Waals surface area contributed by atoms with Crippen molar-refractivity contribution in [2.24, 2.45) is 0 Å². The van der Waals surface area contributed by atoms with Gasteiger partial charge in [0.25, 0.3) is 0 Å². The molecule has 1 heteroatoms. The molecule has 2 aromatic rings. The van der Waals surface area contributed by atoms with E-state index in [0.29, 0.717) is 0 Å². The number of hydrogen-bond donors (Lipinski definition) is 1. The second-order valence-corrected chi connectivity index (χ2v) is 3.96. The number of benzene rings is 2. The summed E-state index contributed by atoms with van der Waals surface area (Å²) in [7, 11) is 1.96. The van der Waals surface area contributed by atoms with E-state index >= 15 is 0 Å². The van der Waals surface area contributed by atoms with E-state index in [1.54, 1.807) is 0 Å². The molecule has 1 N–H and O–H groups in total. The summed E-state index contributed by atoms with van der Waals surface area (Å²) in [6, 6.07) is 15.3. The van der Waals surface area contributed by atoms with E-state index in [2.05, 4.69) is 47.8 Å². The molecule has 19 heavy (non-hydrogen) atoms. The van der Waals surface area contributed by atoms with Gasteiger partial charge in [-0.05, 0) is 40.8 Å². The minimum absolute atomic E-state index is 1.07. The fourth-order valence-corrected chi connectivity index (χ4v) is 2.30. The zero-order chi connectivity index (χ0) is 14.3. The molecule has 3 rings (SSSR count). The Morgan fingerprint density at radius 2 is 1.42 bits per heavy atom. The zero-order valence-corrected chi connectivity index (χ0v) is 12.7. The quantitative estimate of drug-likeness (QED) is 0.618. The summed E-state index contributed by atoms with van der Waals surface area (Å²) in [5.74, 6) is 0. The summed E-state index contributed by atoms with van der Waals surface area (Å²) in [5.41, 5.74) is 6.87. The molecule has 0 unspecified atom stereocenters. The Labute approximate surface area is 117 Å². The first-order valence-electron chi connectivity index (χ1n) is 7.27. The van der Waals surface area contributed by atoms with Gasteiger partial charge < -0.3 is 5.32 Å². The predicted octanol–water partition coefficient (Wildman–Crippen LogP) is 5.35. The highest BCUT2D eigenvalue weighted by Gasteiger charge is 2.17. The summed E-state index contributed by atoms with van der Waals surface area (Å²) in [6.07, 6.45) is 1.07. The highest BCUT2D eigenvalue weighted by Crippen LogP contribution is 2.37. The molecule has 2 aromatic carbocycles. The van der Waals surface area contributed by atoms with Crippen molar-refractivity contribution in [3.8, 4) is 11.1 Å². The molecule has 102 valence electrons. The van der Waals surface area contributed by atoms with Crippen LogP contribution in [0.3, 0.4) is 0 Å². The molecular formula is C18H25N. The Balaban J connectivity index is 0.000000415. The third-order valence-corrected chi connectivity index (χ3v) is 3.08. The van der Waals surface area contributed by atoms with Crippen molar-refractivity contribution in [2.75, 3.05) is 12.4 Å². The zero-order valence-electron chi connectivity index (χ0n) is 12.7. The van der Waals surface area contributed by atoms with Gasteiger partial charge >= 0.3 is 0 Å². The molecule has 0 heterocycles. The molecule has 0 amide bonds. The van der Waals surface area contributed by atoms with Gasteiger partial charge in [-0.3, -0.25) is 0 Å². The van der Waals surface area contributed by atoms with E-state index in [1.165, 1.54) is 27.9 Å². The second kappa shape index (κ2) is 7.63. The Kier molecular flexibility index (Phi) is 6.14. The molecule has 1 nitrogen and oxygen atoms in total. The smallest absolute Gasteiger partial charge is 0.0340 e. The maximum absolute atomic E-state index is 3.18. The number of nitrogens with one attached hydrogen (secondary N) is 1. The van der Waals surface area contributed by atoms with Crippen molar-refractivity contribution in [2.45, 2.75) is 34.1 Å². The maximum atomic E-state index is 3.18. The second-order valence-electron chi connectivity index (χ2n) is 3.96. The topological polar surface area (TPSA) is 12.0 Å². The van der Waals surface area contributed by atoms with Crippen LogP contribution in [-0.2, 0) is 6.42 Å². The van der Waals surface area contributed by atoms with E-state index in [1.807, 2.05) is 34.7 Å². The predicted molar refractivity (Wildman–Crippen MR) is 86.9 cm³/mol. The molecule has 0 aromatic heterocycles. The minimum atomic E-state index is 1.07. The fraction of sp³-hybridized carbons (Fsp3) is 0.333. The molecule has 0 saturated carbocycles. The van der Waals surface area contributed by atoms with Crippen molar-refractivity contribution in [3.63, 3.8) is 0 Å². The SMILES string of the molecule is CC.CC.CNc1ccc2c(c1)Cc1ccccc1-2. The van der Waals surface area contributed by atoms with Crippen LogP contribution in [0.1, 0.15) is 38.8 Å². The largest absolute Gasteiger partial charge is 0.388 e. The van der Waals surface area contributed by atoms with Gasteiger partial charge in [0, 0.05) is 12.7 Å². The van der Waals surface area contributed by atoms with Crippen molar-refractivity contribution in [1.82, 2.24) is 0 Å². The molecule has 0 spiro atoms. The fourth-order valence-electron chi connectivity index (χ4n) is 2.30. The Morgan fingerprint density at radius 1 is 0.789 bits per heavy atom. The lowest BCUT2D eigenvalue weighted by molar-refractivity contribution is 1.26. The standard InChI is InChI=1S/C14H13N.2C2H6/c1-15-12-6-7-14-11(9-12)8-10-4-2-3-5-13(10)14;2*1-2/h2-7,9,15H,8H2,1H3;2*1-2H3. The number of fused-ring (bicyclic) bond motifs is 3. The normalized spacial score (nSPS) is 10.2. The molecule has 0 saturated heterocycles. The van der Waals surface area contributed by atoms with Crippen LogP contribution in [-0.4, -0.2) is 7.05 Å². The van der Waals surface area contributed by atoms with E-state index < -0.39 is 0 Å². The first kappa shape index (κ1) is 15.3. The minimum Gasteiger partial charge on any atom is -0.388 e. The Hall–Kier alpha value is -1.76. The molecule has 0 bridgehead atoms. The van der Waals surface area contributed by atoms with Crippen LogP contribution in [0, 0.1) is 0 Å². The Bertz CT molecular complexity index is 515. The molecule has 0 atom stereocenters. The van der Waals surface area contributed by atoms with Gasteiger partial charge in [-0.15, -0.1) is 0 Å². The average molecular weight is 255 g/mol. The van der Waals surface area contributed by atoms with Crippen LogP contribution >= 0.6 is 0 Å². The summed E-state index contributed by atoms with van der Waals surface area (Å²) < 4.78 is 0. The summed E-state index contributed by atoms with van der Waals surface area (Å²) >= 11 is 0. The van der Waals surface area contributed by atoms with Crippen LogP contribution in [0.2, 0.25) is 0 Å². The van der Waals surface area contributed by atoms with E-state index in [-0.39, 0.29) is 0 Å². The van der Waals surface area contributed by atoms with Gasteiger partial charge in [0.1, 0.15) is 0 Å². The monoisotopic (exact) mass is 255 g/mol. The highest BCUT2D eigenvalue weighted by atomic mass is 14.8. The number of anilines is 1. The third-order valence-electron chi connectivity index (χ3n) is 3.08. The Morgan fingerprint density at radius 3 is 2.11 bits per heavy atom. The van der Waals surface area contributed by atoms with Crippen LogP contribution in [0.15, 0.2) is 42.5 Å². The third kappa shape index (κ3) is 3.17. The van der Waals surface area contributed by atoms with E-state index in [0.717, 1.165) is 6.42 Å². The lowest BCUT2D eigenvalue weighted by Gasteiger charge is -2.03. The maximum Gasteiger partial charge on any atom is 0.0340 e.